The summed E-state index contributed by atoms with van der Waals surface area (Å²) in [6.45, 7) is 0. The molecule has 0 radical (unpaired) electrons. The lowest BCUT2D eigenvalue weighted by Crippen LogP contribution is -2.49. The summed E-state index contributed by atoms with van der Waals surface area (Å²) in [5.41, 5.74) is 3.46. The molecule has 1 atom stereocenters. The zero-order valence-electron chi connectivity index (χ0n) is 9.29. The highest BCUT2D eigenvalue weighted by Crippen LogP contribution is 2.25. The van der Waals surface area contributed by atoms with E-state index in [0.29, 0.717) is 17.9 Å². The highest BCUT2D eigenvalue weighted by molar-refractivity contribution is 6.30. The van der Waals surface area contributed by atoms with E-state index >= 15 is 0 Å². The van der Waals surface area contributed by atoms with Crippen molar-refractivity contribution in [3.05, 3.63) is 58.9 Å². The highest BCUT2D eigenvalue weighted by Gasteiger charge is 2.27. The fraction of sp³-hybridized carbons (Fsp3) is 0.231. The molecule has 1 aromatic rings. The molecule has 3 N–H and O–H groups in total. The number of nitrogens with two attached hydrogens (primary N) is 1. The Morgan fingerprint density at radius 2 is 2.06 bits per heavy atom. The number of halogens is 2. The molecule has 1 aliphatic carbocycles. The Bertz CT molecular complexity index is 453. The molecule has 0 saturated heterocycles. The van der Waals surface area contributed by atoms with E-state index in [1.807, 2.05) is 24.3 Å². The number of allylic oxidation sites excluding steroid dienone is 2. The lowest BCUT2D eigenvalue weighted by Gasteiger charge is -2.31. The lowest BCUT2D eigenvalue weighted by molar-refractivity contribution is 0.401. The van der Waals surface area contributed by atoms with Gasteiger partial charge in [0.15, 0.2) is 0 Å². The van der Waals surface area contributed by atoms with E-state index in [0.717, 1.165) is 5.56 Å². The van der Waals surface area contributed by atoms with Crippen molar-refractivity contribution >= 4 is 11.6 Å². The average Bonchev–Trinajstić information content (AvgIpc) is 2.35. The molecule has 0 saturated carbocycles. The summed E-state index contributed by atoms with van der Waals surface area (Å²) < 4.78 is 12.9. The van der Waals surface area contributed by atoms with Gasteiger partial charge in [0.1, 0.15) is 5.83 Å². The van der Waals surface area contributed by atoms with Crippen LogP contribution in [-0.4, -0.2) is 5.54 Å². The van der Waals surface area contributed by atoms with E-state index in [9.17, 15) is 4.39 Å². The van der Waals surface area contributed by atoms with Crippen molar-refractivity contribution in [1.82, 2.24) is 5.43 Å². The minimum atomic E-state index is -0.413. The molecule has 2 rings (SSSR count). The van der Waals surface area contributed by atoms with E-state index in [4.69, 9.17) is 17.4 Å². The predicted octanol–water partition coefficient (Wildman–Crippen LogP) is 2.90. The van der Waals surface area contributed by atoms with Crippen LogP contribution >= 0.6 is 11.6 Å². The summed E-state index contributed by atoms with van der Waals surface area (Å²) in [6, 6.07) is 7.57. The molecule has 0 bridgehead atoms. The topological polar surface area (TPSA) is 38.0 Å². The Kier molecular flexibility index (Phi) is 3.62. The van der Waals surface area contributed by atoms with Gasteiger partial charge in [0.2, 0.25) is 0 Å². The smallest absolute Gasteiger partial charge is 0.119 e. The molecule has 0 aliphatic heterocycles. The van der Waals surface area contributed by atoms with Crippen LogP contribution in [0.3, 0.4) is 0 Å². The van der Waals surface area contributed by atoms with Crippen LogP contribution in [-0.2, 0) is 6.42 Å². The molecule has 1 unspecified atom stereocenters. The van der Waals surface area contributed by atoms with Crippen LogP contribution in [0.1, 0.15) is 12.0 Å². The molecule has 0 aromatic heterocycles. The SMILES string of the molecule is NNC1(Cc2ccc(Cl)cc2)C=CC(F)=CC1. The molecule has 4 heteroatoms. The summed E-state index contributed by atoms with van der Waals surface area (Å²) >= 11 is 5.83. The third-order valence-corrected chi connectivity index (χ3v) is 3.20. The molecule has 0 spiro atoms. The van der Waals surface area contributed by atoms with Crippen LogP contribution in [0.25, 0.3) is 0 Å². The van der Waals surface area contributed by atoms with Crippen LogP contribution < -0.4 is 11.3 Å². The maximum absolute atomic E-state index is 12.9. The van der Waals surface area contributed by atoms with Gasteiger partial charge in [-0.25, -0.2) is 9.82 Å². The van der Waals surface area contributed by atoms with Crippen LogP contribution in [0.5, 0.6) is 0 Å². The summed E-state index contributed by atoms with van der Waals surface area (Å²) in [5, 5.41) is 0.702. The van der Waals surface area contributed by atoms with Gasteiger partial charge in [0.25, 0.3) is 0 Å². The van der Waals surface area contributed by atoms with Crippen molar-refractivity contribution in [2.24, 2.45) is 5.84 Å². The normalized spacial score (nSPS) is 23.6. The van der Waals surface area contributed by atoms with Crippen LogP contribution in [0, 0.1) is 0 Å². The molecule has 17 heavy (non-hydrogen) atoms. The number of hydrogen-bond acceptors (Lipinski definition) is 2. The minimum Gasteiger partial charge on any atom is -0.271 e. The molecular weight excluding hydrogens is 239 g/mol. The zero-order valence-corrected chi connectivity index (χ0v) is 10.0. The molecule has 0 fully saturated rings. The number of benzene rings is 1. The van der Waals surface area contributed by atoms with Crippen LogP contribution in [0.15, 0.2) is 48.3 Å². The second-order valence-electron chi connectivity index (χ2n) is 4.23. The van der Waals surface area contributed by atoms with E-state index in [1.54, 1.807) is 6.08 Å². The first kappa shape index (κ1) is 12.3. The summed E-state index contributed by atoms with van der Waals surface area (Å²) in [5.74, 6) is 5.37. The van der Waals surface area contributed by atoms with E-state index in [-0.39, 0.29) is 5.83 Å². The first-order valence-electron chi connectivity index (χ1n) is 5.41. The Morgan fingerprint density at radius 1 is 1.35 bits per heavy atom. The van der Waals surface area contributed by atoms with E-state index in [1.165, 1.54) is 12.2 Å². The molecule has 0 heterocycles. The lowest BCUT2D eigenvalue weighted by atomic mass is 9.85. The number of hydrazine groups is 1. The van der Waals surface area contributed by atoms with Gasteiger partial charge >= 0.3 is 0 Å². The molecule has 0 amide bonds. The fourth-order valence-corrected chi connectivity index (χ4v) is 2.04. The van der Waals surface area contributed by atoms with Crippen molar-refractivity contribution in [1.29, 1.82) is 0 Å². The number of nitrogens with one attached hydrogen (secondary N) is 1. The predicted molar refractivity (Wildman–Crippen MR) is 68.2 cm³/mol. The van der Waals surface area contributed by atoms with Crippen molar-refractivity contribution in [3.63, 3.8) is 0 Å². The molecule has 90 valence electrons. The monoisotopic (exact) mass is 252 g/mol. The van der Waals surface area contributed by atoms with Gasteiger partial charge in [0.05, 0.1) is 5.54 Å². The van der Waals surface area contributed by atoms with E-state index in [2.05, 4.69) is 5.43 Å². The summed E-state index contributed by atoms with van der Waals surface area (Å²) in [7, 11) is 0. The van der Waals surface area contributed by atoms with Gasteiger partial charge in [-0.05, 0) is 42.7 Å². The molecular formula is C13H14ClFN2. The molecule has 1 aliphatic rings. The fourth-order valence-electron chi connectivity index (χ4n) is 1.91. The summed E-state index contributed by atoms with van der Waals surface area (Å²) in [4.78, 5) is 0. The van der Waals surface area contributed by atoms with Gasteiger partial charge in [-0.3, -0.25) is 5.84 Å². The third-order valence-electron chi connectivity index (χ3n) is 2.94. The number of hydrogen-bond donors (Lipinski definition) is 2. The zero-order chi connectivity index (χ0) is 12.3. The third kappa shape index (κ3) is 2.94. The Balaban J connectivity index is 2.16. The second-order valence-corrected chi connectivity index (χ2v) is 4.67. The summed E-state index contributed by atoms with van der Waals surface area (Å²) in [6.07, 6.45) is 5.99. The van der Waals surface area contributed by atoms with Gasteiger partial charge in [0, 0.05) is 5.02 Å². The molecule has 1 aromatic carbocycles. The second kappa shape index (κ2) is 5.00. The van der Waals surface area contributed by atoms with Gasteiger partial charge in [-0.15, -0.1) is 0 Å². The molecule has 2 nitrogen and oxygen atoms in total. The van der Waals surface area contributed by atoms with Gasteiger partial charge < -0.3 is 0 Å². The Labute approximate surface area is 105 Å². The van der Waals surface area contributed by atoms with Crippen LogP contribution in [0.2, 0.25) is 5.02 Å². The van der Waals surface area contributed by atoms with E-state index < -0.39 is 5.54 Å². The van der Waals surface area contributed by atoms with Crippen molar-refractivity contribution in [2.75, 3.05) is 0 Å². The average molecular weight is 253 g/mol. The van der Waals surface area contributed by atoms with Gasteiger partial charge in [-0.1, -0.05) is 29.8 Å². The minimum absolute atomic E-state index is 0.216. The van der Waals surface area contributed by atoms with Crippen molar-refractivity contribution in [3.8, 4) is 0 Å². The first-order valence-corrected chi connectivity index (χ1v) is 5.78. The Morgan fingerprint density at radius 3 is 2.59 bits per heavy atom. The van der Waals surface area contributed by atoms with Crippen molar-refractivity contribution < 1.29 is 4.39 Å². The standard InChI is InChI=1S/C13H14ClFN2/c14-11-3-1-10(2-4-11)9-13(17-16)7-5-12(15)6-8-13/h1-7,17H,8-9,16H2. The maximum atomic E-state index is 12.9. The first-order chi connectivity index (χ1) is 8.13. The van der Waals surface area contributed by atoms with Gasteiger partial charge in [-0.2, -0.15) is 0 Å². The van der Waals surface area contributed by atoms with Crippen LogP contribution in [0.4, 0.5) is 4.39 Å². The quantitative estimate of drug-likeness (QED) is 0.641. The van der Waals surface area contributed by atoms with Crippen molar-refractivity contribution in [2.45, 2.75) is 18.4 Å². The largest absolute Gasteiger partial charge is 0.271 e. The number of rotatable bonds is 3. The Hall–Kier alpha value is -1.16. The maximum Gasteiger partial charge on any atom is 0.119 e. The highest BCUT2D eigenvalue weighted by atomic mass is 35.5.